The number of hydrogen-bond acceptors (Lipinski definition) is 5. The molecule has 0 radical (unpaired) electrons. The van der Waals surface area contributed by atoms with E-state index in [4.69, 9.17) is 0 Å². The van der Waals surface area contributed by atoms with Crippen molar-refractivity contribution in [2.24, 2.45) is 7.05 Å². The maximum absolute atomic E-state index is 4.37. The highest BCUT2D eigenvalue weighted by Gasteiger charge is 2.17. The Balaban J connectivity index is 1.77. The molecule has 0 fully saturated rings. The van der Waals surface area contributed by atoms with Crippen LogP contribution in [-0.4, -0.2) is 33.3 Å². The molecule has 1 aliphatic heterocycles. The SMILES string of the molecule is CN1CCc2ccc(Nc3ncnc4c3c(Br)nn4C)cc21. The van der Waals surface area contributed by atoms with E-state index in [1.54, 1.807) is 11.0 Å². The largest absolute Gasteiger partial charge is 0.374 e. The highest BCUT2D eigenvalue weighted by molar-refractivity contribution is 9.10. The van der Waals surface area contributed by atoms with Gasteiger partial charge in [-0.05, 0) is 40.0 Å². The highest BCUT2D eigenvalue weighted by atomic mass is 79.9. The van der Waals surface area contributed by atoms with Gasteiger partial charge in [0.25, 0.3) is 0 Å². The lowest BCUT2D eigenvalue weighted by Crippen LogP contribution is -2.12. The molecule has 7 heteroatoms. The third-order valence-corrected chi connectivity index (χ3v) is 4.61. The minimum Gasteiger partial charge on any atom is -0.374 e. The zero-order chi connectivity index (χ0) is 15.3. The molecule has 112 valence electrons. The standard InChI is InChI=1S/C15H15BrN6/c1-21-6-5-9-3-4-10(7-11(9)21)19-14-12-13(16)20-22(2)15(12)18-8-17-14/h3-4,7-8H,5-6H2,1-2H3,(H,17,18,19). The van der Waals surface area contributed by atoms with Gasteiger partial charge in [0.1, 0.15) is 16.7 Å². The zero-order valence-corrected chi connectivity index (χ0v) is 13.9. The van der Waals surface area contributed by atoms with Gasteiger partial charge in [0.05, 0.1) is 5.39 Å². The molecule has 1 aromatic carbocycles. The number of hydrogen-bond donors (Lipinski definition) is 1. The first kappa shape index (κ1) is 13.5. The average Bonchev–Trinajstić information content (AvgIpc) is 3.01. The van der Waals surface area contributed by atoms with E-state index in [0.717, 1.165) is 40.1 Å². The first-order chi connectivity index (χ1) is 10.6. The minimum absolute atomic E-state index is 0.742. The Morgan fingerprint density at radius 3 is 2.95 bits per heavy atom. The van der Waals surface area contributed by atoms with Crippen LogP contribution < -0.4 is 10.2 Å². The zero-order valence-electron chi connectivity index (χ0n) is 12.3. The number of rotatable bonds is 2. The summed E-state index contributed by atoms with van der Waals surface area (Å²) in [5.74, 6) is 0.755. The van der Waals surface area contributed by atoms with Crippen LogP contribution in [0.5, 0.6) is 0 Å². The Kier molecular flexibility index (Phi) is 3.04. The van der Waals surface area contributed by atoms with Crippen molar-refractivity contribution in [3.8, 4) is 0 Å². The van der Waals surface area contributed by atoms with Gasteiger partial charge in [0.2, 0.25) is 0 Å². The van der Waals surface area contributed by atoms with Crippen molar-refractivity contribution in [1.29, 1.82) is 0 Å². The van der Waals surface area contributed by atoms with E-state index in [1.165, 1.54) is 11.3 Å². The number of halogens is 1. The van der Waals surface area contributed by atoms with Crippen molar-refractivity contribution in [2.75, 3.05) is 23.8 Å². The fourth-order valence-corrected chi connectivity index (χ4v) is 3.49. The second kappa shape index (κ2) is 4.95. The number of likely N-dealkylation sites (N-methyl/N-ethyl adjacent to an activating group) is 1. The lowest BCUT2D eigenvalue weighted by Gasteiger charge is -2.14. The summed E-state index contributed by atoms with van der Waals surface area (Å²) < 4.78 is 2.48. The summed E-state index contributed by atoms with van der Waals surface area (Å²) in [7, 11) is 3.99. The molecular formula is C15H15BrN6. The molecule has 0 bridgehead atoms. The van der Waals surface area contributed by atoms with Gasteiger partial charge < -0.3 is 10.2 Å². The second-order valence-corrected chi connectivity index (χ2v) is 6.23. The Bertz CT molecular complexity index is 872. The fourth-order valence-electron chi connectivity index (χ4n) is 2.89. The third kappa shape index (κ3) is 2.04. The van der Waals surface area contributed by atoms with Gasteiger partial charge in [-0.15, -0.1) is 0 Å². The van der Waals surface area contributed by atoms with Crippen molar-refractivity contribution in [1.82, 2.24) is 19.7 Å². The lowest BCUT2D eigenvalue weighted by molar-refractivity contribution is 0.777. The molecule has 4 rings (SSSR count). The molecule has 0 saturated heterocycles. The Hall–Kier alpha value is -2.15. The van der Waals surface area contributed by atoms with Crippen LogP contribution in [0, 0.1) is 0 Å². The maximum Gasteiger partial charge on any atom is 0.164 e. The molecule has 6 nitrogen and oxygen atoms in total. The van der Waals surface area contributed by atoms with Gasteiger partial charge in [-0.3, -0.25) is 0 Å². The second-order valence-electron chi connectivity index (χ2n) is 5.48. The molecular weight excluding hydrogens is 344 g/mol. The first-order valence-corrected chi connectivity index (χ1v) is 7.87. The Morgan fingerprint density at radius 1 is 1.23 bits per heavy atom. The Labute approximate surface area is 136 Å². The summed E-state index contributed by atoms with van der Waals surface area (Å²) in [6, 6.07) is 6.44. The van der Waals surface area contributed by atoms with Crippen molar-refractivity contribution in [3.05, 3.63) is 34.7 Å². The monoisotopic (exact) mass is 358 g/mol. The number of nitrogens with one attached hydrogen (secondary N) is 1. The Morgan fingerprint density at radius 2 is 2.09 bits per heavy atom. The molecule has 22 heavy (non-hydrogen) atoms. The van der Waals surface area contributed by atoms with Crippen LogP contribution >= 0.6 is 15.9 Å². The average molecular weight is 359 g/mol. The predicted octanol–water partition coefficient (Wildman–Crippen LogP) is 2.86. The van der Waals surface area contributed by atoms with Crippen LogP contribution in [0.1, 0.15) is 5.56 Å². The number of fused-ring (bicyclic) bond motifs is 2. The van der Waals surface area contributed by atoms with Gasteiger partial charge in [-0.25, -0.2) is 14.6 Å². The summed E-state index contributed by atoms with van der Waals surface area (Å²) >= 11 is 3.48. The van der Waals surface area contributed by atoms with E-state index in [0.29, 0.717) is 0 Å². The van der Waals surface area contributed by atoms with Crippen LogP contribution in [0.25, 0.3) is 11.0 Å². The number of nitrogens with zero attached hydrogens (tertiary/aromatic N) is 5. The van der Waals surface area contributed by atoms with Crippen LogP contribution in [0.4, 0.5) is 17.2 Å². The molecule has 0 spiro atoms. The number of aromatic nitrogens is 4. The summed E-state index contributed by atoms with van der Waals surface area (Å²) in [6.07, 6.45) is 2.66. The maximum atomic E-state index is 4.37. The van der Waals surface area contributed by atoms with Gasteiger partial charge >= 0.3 is 0 Å². The van der Waals surface area contributed by atoms with E-state index >= 15 is 0 Å². The van der Waals surface area contributed by atoms with E-state index < -0.39 is 0 Å². The minimum atomic E-state index is 0.742. The number of anilines is 3. The van der Waals surface area contributed by atoms with E-state index in [9.17, 15) is 0 Å². The van der Waals surface area contributed by atoms with Crippen molar-refractivity contribution in [3.63, 3.8) is 0 Å². The van der Waals surface area contributed by atoms with Crippen molar-refractivity contribution >= 4 is 44.2 Å². The van der Waals surface area contributed by atoms with Gasteiger partial charge in [0.15, 0.2) is 5.65 Å². The predicted molar refractivity (Wildman–Crippen MR) is 90.7 cm³/mol. The summed E-state index contributed by atoms with van der Waals surface area (Å²) in [4.78, 5) is 10.9. The van der Waals surface area contributed by atoms with Crippen LogP contribution in [0.15, 0.2) is 29.1 Å². The summed E-state index contributed by atoms with van der Waals surface area (Å²) in [5.41, 5.74) is 4.48. The molecule has 1 N–H and O–H groups in total. The smallest absolute Gasteiger partial charge is 0.164 e. The van der Waals surface area contributed by atoms with Gasteiger partial charge in [-0.2, -0.15) is 5.10 Å². The van der Waals surface area contributed by atoms with Crippen LogP contribution in [-0.2, 0) is 13.5 Å². The van der Waals surface area contributed by atoms with E-state index in [1.807, 2.05) is 7.05 Å². The van der Waals surface area contributed by atoms with Crippen LogP contribution in [0.3, 0.4) is 0 Å². The first-order valence-electron chi connectivity index (χ1n) is 7.08. The highest BCUT2D eigenvalue weighted by Crippen LogP contribution is 2.33. The third-order valence-electron chi connectivity index (χ3n) is 4.05. The molecule has 0 atom stereocenters. The summed E-state index contributed by atoms with van der Waals surface area (Å²) in [5, 5.41) is 8.62. The van der Waals surface area contributed by atoms with Crippen molar-refractivity contribution in [2.45, 2.75) is 6.42 Å². The lowest BCUT2D eigenvalue weighted by atomic mass is 10.1. The van der Waals surface area contributed by atoms with Crippen LogP contribution in [0.2, 0.25) is 0 Å². The van der Waals surface area contributed by atoms with Gasteiger partial charge in [-0.1, -0.05) is 6.07 Å². The fraction of sp³-hybridized carbons (Fsp3) is 0.267. The van der Waals surface area contributed by atoms with E-state index in [-0.39, 0.29) is 0 Å². The molecule has 2 aromatic heterocycles. The van der Waals surface area contributed by atoms with Gasteiger partial charge in [0, 0.05) is 32.0 Å². The molecule has 3 heterocycles. The topological polar surface area (TPSA) is 58.9 Å². The quantitative estimate of drug-likeness (QED) is 0.763. The summed E-state index contributed by atoms with van der Waals surface area (Å²) in [6.45, 7) is 1.07. The normalized spacial score (nSPS) is 13.7. The molecule has 0 saturated carbocycles. The molecule has 0 aliphatic carbocycles. The van der Waals surface area contributed by atoms with Crippen molar-refractivity contribution < 1.29 is 0 Å². The molecule has 0 unspecified atom stereocenters. The van der Waals surface area contributed by atoms with E-state index in [2.05, 4.69) is 66.5 Å². The molecule has 0 amide bonds. The number of benzene rings is 1. The molecule has 3 aromatic rings. The molecule has 1 aliphatic rings. The number of aryl methyl sites for hydroxylation is 1.